The number of unbranched alkanes of at least 4 members (excludes halogenated alkanes) is 1. The molecule has 0 saturated heterocycles. The summed E-state index contributed by atoms with van der Waals surface area (Å²) in [6.07, 6.45) is 12.0. The highest BCUT2D eigenvalue weighted by atomic mass is 16.2. The van der Waals surface area contributed by atoms with Gasteiger partial charge in [0, 0.05) is 55.3 Å². The van der Waals surface area contributed by atoms with Crippen molar-refractivity contribution in [3.8, 4) is 0 Å². The molecule has 2 aromatic rings. The van der Waals surface area contributed by atoms with E-state index >= 15 is 0 Å². The summed E-state index contributed by atoms with van der Waals surface area (Å²) in [7, 11) is 0. The van der Waals surface area contributed by atoms with Crippen molar-refractivity contribution in [2.24, 2.45) is 11.8 Å². The van der Waals surface area contributed by atoms with E-state index in [1.165, 1.54) is 0 Å². The zero-order valence-corrected chi connectivity index (χ0v) is 21.8. The van der Waals surface area contributed by atoms with Gasteiger partial charge in [0.2, 0.25) is 11.8 Å². The van der Waals surface area contributed by atoms with Crippen molar-refractivity contribution in [2.45, 2.75) is 91.4 Å². The van der Waals surface area contributed by atoms with Crippen molar-refractivity contribution in [3.05, 3.63) is 36.4 Å². The Hall–Kier alpha value is -2.68. The van der Waals surface area contributed by atoms with Crippen molar-refractivity contribution >= 4 is 11.8 Å². The number of aromatic amines is 2. The monoisotopic (exact) mass is 485 g/mol. The van der Waals surface area contributed by atoms with E-state index in [1.54, 1.807) is 29.7 Å². The molecule has 194 valence electrons. The highest BCUT2D eigenvalue weighted by Gasteiger charge is 2.32. The second-order valence-electron chi connectivity index (χ2n) is 10.2. The van der Waals surface area contributed by atoms with Gasteiger partial charge in [0.25, 0.3) is 0 Å². The number of amides is 2. The molecule has 3 rings (SSSR count). The molecule has 1 aliphatic carbocycles. The average Bonchev–Trinajstić information content (AvgIpc) is 3.54. The standard InChI is InChI=1S/C26H43N7O2/c1-19(2)33(20(3)4)16-6-5-11-31-25(34)21-7-9-22(10-8-21)26(35)32(17-23-27-12-13-28-23)18-24-29-14-15-30-24/h12-15,19-22H,5-11,16-18H2,1-4H3,(H,27,28)(H,29,30)(H,31,34). The van der Waals surface area contributed by atoms with Crippen LogP contribution in [0.25, 0.3) is 0 Å². The molecule has 0 aromatic carbocycles. The fraction of sp³-hybridized carbons (Fsp3) is 0.692. The zero-order valence-electron chi connectivity index (χ0n) is 21.8. The van der Waals surface area contributed by atoms with Crippen molar-refractivity contribution < 1.29 is 9.59 Å². The third kappa shape index (κ3) is 8.19. The minimum Gasteiger partial charge on any atom is -0.356 e. The lowest BCUT2D eigenvalue weighted by Gasteiger charge is -2.31. The van der Waals surface area contributed by atoms with Crippen molar-refractivity contribution in [1.29, 1.82) is 0 Å². The largest absolute Gasteiger partial charge is 0.356 e. The Bertz CT molecular complexity index is 827. The average molecular weight is 486 g/mol. The summed E-state index contributed by atoms with van der Waals surface area (Å²) >= 11 is 0. The van der Waals surface area contributed by atoms with Crippen LogP contribution in [0.15, 0.2) is 24.8 Å². The van der Waals surface area contributed by atoms with E-state index < -0.39 is 0 Å². The maximum absolute atomic E-state index is 13.4. The summed E-state index contributed by atoms with van der Waals surface area (Å²) in [4.78, 5) is 45.1. The molecule has 1 aliphatic rings. The molecule has 0 bridgehead atoms. The van der Waals surface area contributed by atoms with E-state index in [2.05, 4.69) is 57.8 Å². The third-order valence-electron chi connectivity index (χ3n) is 7.02. The normalized spacial score (nSPS) is 18.4. The van der Waals surface area contributed by atoms with E-state index in [1.807, 2.05) is 0 Å². The van der Waals surface area contributed by atoms with Gasteiger partial charge in [-0.15, -0.1) is 0 Å². The molecule has 9 heteroatoms. The quantitative estimate of drug-likeness (QED) is 0.376. The molecule has 9 nitrogen and oxygen atoms in total. The molecule has 1 fully saturated rings. The number of carbonyl (C=O) groups is 2. The molecule has 2 amide bonds. The summed E-state index contributed by atoms with van der Waals surface area (Å²) in [6.45, 7) is 11.5. The number of aromatic nitrogens is 4. The van der Waals surface area contributed by atoms with Gasteiger partial charge in [-0.1, -0.05) is 0 Å². The van der Waals surface area contributed by atoms with Crippen molar-refractivity contribution in [2.75, 3.05) is 13.1 Å². The summed E-state index contributed by atoms with van der Waals surface area (Å²) in [5.74, 6) is 1.69. The topological polar surface area (TPSA) is 110 Å². The van der Waals surface area contributed by atoms with Gasteiger partial charge in [-0.05, 0) is 72.8 Å². The first-order chi connectivity index (χ1) is 16.8. The first-order valence-electron chi connectivity index (χ1n) is 13.1. The molecule has 2 aromatic heterocycles. The van der Waals surface area contributed by atoms with Gasteiger partial charge >= 0.3 is 0 Å². The maximum Gasteiger partial charge on any atom is 0.226 e. The second kappa shape index (κ2) is 13.4. The van der Waals surface area contributed by atoms with Crippen LogP contribution in [0.4, 0.5) is 0 Å². The van der Waals surface area contributed by atoms with Gasteiger partial charge in [0.15, 0.2) is 0 Å². The highest BCUT2D eigenvalue weighted by molar-refractivity contribution is 5.81. The van der Waals surface area contributed by atoms with Crippen LogP contribution in [-0.4, -0.2) is 66.7 Å². The summed E-state index contributed by atoms with van der Waals surface area (Å²) < 4.78 is 0. The Balaban J connectivity index is 1.41. The Morgan fingerprint density at radius 3 is 1.94 bits per heavy atom. The molecule has 0 spiro atoms. The predicted molar refractivity (Wildman–Crippen MR) is 136 cm³/mol. The third-order valence-corrected chi connectivity index (χ3v) is 7.02. The number of H-pyrrole nitrogens is 2. The maximum atomic E-state index is 13.4. The van der Waals surface area contributed by atoms with E-state index in [4.69, 9.17) is 0 Å². The number of carbonyl (C=O) groups excluding carboxylic acids is 2. The Morgan fingerprint density at radius 1 is 0.914 bits per heavy atom. The van der Waals surface area contributed by atoms with Crippen LogP contribution in [0, 0.1) is 11.8 Å². The molecule has 0 aliphatic heterocycles. The number of rotatable bonds is 13. The van der Waals surface area contributed by atoms with Crippen molar-refractivity contribution in [3.63, 3.8) is 0 Å². The lowest BCUT2D eigenvalue weighted by Crippen LogP contribution is -2.40. The zero-order chi connectivity index (χ0) is 25.2. The smallest absolute Gasteiger partial charge is 0.226 e. The van der Waals surface area contributed by atoms with Gasteiger partial charge in [-0.2, -0.15) is 0 Å². The molecule has 2 heterocycles. The van der Waals surface area contributed by atoms with E-state index in [0.29, 0.717) is 25.2 Å². The number of hydrogen-bond acceptors (Lipinski definition) is 5. The highest BCUT2D eigenvalue weighted by Crippen LogP contribution is 2.31. The lowest BCUT2D eigenvalue weighted by atomic mass is 9.81. The molecule has 0 radical (unpaired) electrons. The Kier molecular flexibility index (Phi) is 10.3. The number of nitrogens with zero attached hydrogens (tertiary/aromatic N) is 4. The van der Waals surface area contributed by atoms with Crippen LogP contribution < -0.4 is 5.32 Å². The predicted octanol–water partition coefficient (Wildman–Crippen LogP) is 3.48. The minimum absolute atomic E-state index is 0.00507. The van der Waals surface area contributed by atoms with E-state index in [9.17, 15) is 9.59 Å². The van der Waals surface area contributed by atoms with Gasteiger partial charge in [-0.25, -0.2) is 9.97 Å². The van der Waals surface area contributed by atoms with Gasteiger partial charge in [0.1, 0.15) is 11.6 Å². The first-order valence-corrected chi connectivity index (χ1v) is 13.1. The van der Waals surface area contributed by atoms with Crippen LogP contribution >= 0.6 is 0 Å². The van der Waals surface area contributed by atoms with E-state index in [-0.39, 0.29) is 23.7 Å². The number of imidazole rings is 2. The lowest BCUT2D eigenvalue weighted by molar-refractivity contribution is -0.139. The van der Waals surface area contributed by atoms with Crippen LogP contribution in [0.5, 0.6) is 0 Å². The summed E-state index contributed by atoms with van der Waals surface area (Å²) in [5.41, 5.74) is 0. The second-order valence-corrected chi connectivity index (χ2v) is 10.2. The molecule has 3 N–H and O–H groups in total. The molecular formula is C26H43N7O2. The molecule has 0 atom stereocenters. The van der Waals surface area contributed by atoms with E-state index in [0.717, 1.165) is 63.3 Å². The SMILES string of the molecule is CC(C)N(CCCCNC(=O)C1CCC(C(=O)N(Cc2ncc[nH]2)Cc2ncc[nH]2)CC1)C(C)C. The van der Waals surface area contributed by atoms with Crippen molar-refractivity contribution in [1.82, 2.24) is 35.1 Å². The first kappa shape index (κ1) is 26.9. The Labute approximate surface area is 209 Å². The number of nitrogens with one attached hydrogen (secondary N) is 3. The fourth-order valence-corrected chi connectivity index (χ4v) is 5.09. The summed E-state index contributed by atoms with van der Waals surface area (Å²) in [5, 5.41) is 3.13. The summed E-state index contributed by atoms with van der Waals surface area (Å²) in [6, 6.07) is 1.08. The van der Waals surface area contributed by atoms with Gasteiger partial charge < -0.3 is 20.2 Å². The molecular weight excluding hydrogens is 442 g/mol. The molecule has 1 saturated carbocycles. The minimum atomic E-state index is -0.0676. The fourth-order valence-electron chi connectivity index (χ4n) is 5.09. The van der Waals surface area contributed by atoms with Crippen LogP contribution in [0.1, 0.15) is 77.9 Å². The molecule has 0 unspecified atom stereocenters. The molecule has 35 heavy (non-hydrogen) atoms. The van der Waals surface area contributed by atoms with Gasteiger partial charge in [-0.3, -0.25) is 14.5 Å². The number of hydrogen-bond donors (Lipinski definition) is 3. The Morgan fingerprint density at radius 2 is 1.46 bits per heavy atom. The van der Waals surface area contributed by atoms with Gasteiger partial charge in [0.05, 0.1) is 13.1 Å². The van der Waals surface area contributed by atoms with Crippen LogP contribution in [-0.2, 0) is 22.7 Å². The van der Waals surface area contributed by atoms with Crippen LogP contribution in [0.2, 0.25) is 0 Å². The van der Waals surface area contributed by atoms with Crippen LogP contribution in [0.3, 0.4) is 0 Å².